The molecule has 0 unspecified atom stereocenters. The normalized spacial score (nSPS) is 11.8. The van der Waals surface area contributed by atoms with Crippen LogP contribution in [0, 0.1) is 13.8 Å². The molecule has 0 fully saturated rings. The number of nitrogens with two attached hydrogens (primary N) is 1. The van der Waals surface area contributed by atoms with Gasteiger partial charge in [-0.1, -0.05) is 29.8 Å². The largest absolute Gasteiger partial charge is 0.326 e. The highest BCUT2D eigenvalue weighted by atomic mass is 32.2. The molecule has 0 bridgehead atoms. The van der Waals surface area contributed by atoms with Crippen LogP contribution in [0.1, 0.15) is 20.9 Å². The topological polar surface area (TPSA) is 72.2 Å². The Bertz CT molecular complexity index is 706. The van der Waals surface area contributed by atoms with Crippen molar-refractivity contribution >= 4 is 21.4 Å². The predicted molar refractivity (Wildman–Crippen MR) is 82.2 cm³/mol. The summed E-state index contributed by atoms with van der Waals surface area (Å²) in [6.45, 7) is 4.43. The highest BCUT2D eigenvalue weighted by Gasteiger charge is 2.19. The van der Waals surface area contributed by atoms with E-state index in [0.29, 0.717) is 11.4 Å². The molecule has 1 heterocycles. The lowest BCUT2D eigenvalue weighted by Gasteiger charge is -2.07. The Morgan fingerprint density at radius 3 is 2.60 bits per heavy atom. The maximum Gasteiger partial charge on any atom is 0.241 e. The summed E-state index contributed by atoms with van der Waals surface area (Å²) in [6, 6.07) is 9.42. The van der Waals surface area contributed by atoms with Gasteiger partial charge >= 0.3 is 0 Å². The number of benzene rings is 1. The van der Waals surface area contributed by atoms with E-state index >= 15 is 0 Å². The van der Waals surface area contributed by atoms with Gasteiger partial charge in [-0.25, -0.2) is 13.1 Å². The van der Waals surface area contributed by atoms with Gasteiger partial charge in [0.1, 0.15) is 0 Å². The van der Waals surface area contributed by atoms with E-state index in [9.17, 15) is 8.42 Å². The minimum absolute atomic E-state index is 0.289. The zero-order valence-corrected chi connectivity index (χ0v) is 13.1. The standard InChI is InChI=1S/C14H18N2O2S2/c1-10-4-3-5-12(6-10)9-16-20(17,18)14-7-13(8-15)19-11(14)2/h3-7,16H,8-9,15H2,1-2H3. The van der Waals surface area contributed by atoms with E-state index in [1.54, 1.807) is 13.0 Å². The van der Waals surface area contributed by atoms with Gasteiger partial charge < -0.3 is 5.73 Å². The lowest BCUT2D eigenvalue weighted by Crippen LogP contribution is -2.23. The lowest BCUT2D eigenvalue weighted by atomic mass is 10.1. The molecule has 20 heavy (non-hydrogen) atoms. The van der Waals surface area contributed by atoms with Crippen LogP contribution in [0.15, 0.2) is 35.2 Å². The molecular weight excluding hydrogens is 292 g/mol. The van der Waals surface area contributed by atoms with Crippen LogP contribution in [0.3, 0.4) is 0 Å². The van der Waals surface area contributed by atoms with Gasteiger partial charge in [-0.15, -0.1) is 11.3 Å². The zero-order chi connectivity index (χ0) is 14.8. The number of nitrogens with one attached hydrogen (secondary N) is 1. The number of aryl methyl sites for hydroxylation is 2. The van der Waals surface area contributed by atoms with Crippen molar-refractivity contribution in [2.45, 2.75) is 31.8 Å². The van der Waals surface area contributed by atoms with Crippen molar-refractivity contribution < 1.29 is 8.42 Å². The fourth-order valence-electron chi connectivity index (χ4n) is 1.97. The summed E-state index contributed by atoms with van der Waals surface area (Å²) in [6.07, 6.45) is 0. The molecule has 2 rings (SSSR count). The van der Waals surface area contributed by atoms with E-state index in [2.05, 4.69) is 4.72 Å². The number of hydrogen-bond acceptors (Lipinski definition) is 4. The van der Waals surface area contributed by atoms with Crippen molar-refractivity contribution in [2.24, 2.45) is 5.73 Å². The molecule has 0 aliphatic carbocycles. The van der Waals surface area contributed by atoms with Crippen LogP contribution >= 0.6 is 11.3 Å². The molecule has 3 N–H and O–H groups in total. The summed E-state index contributed by atoms with van der Waals surface area (Å²) >= 11 is 1.42. The maximum atomic E-state index is 12.3. The fraction of sp³-hybridized carbons (Fsp3) is 0.286. The van der Waals surface area contributed by atoms with Gasteiger partial charge in [-0.05, 0) is 25.5 Å². The van der Waals surface area contributed by atoms with Gasteiger partial charge in [0.05, 0.1) is 4.90 Å². The molecule has 6 heteroatoms. The van der Waals surface area contributed by atoms with Crippen LogP contribution < -0.4 is 10.5 Å². The third-order valence-electron chi connectivity index (χ3n) is 2.96. The molecule has 0 saturated heterocycles. The molecule has 0 atom stereocenters. The van der Waals surface area contributed by atoms with Gasteiger partial charge in [0.15, 0.2) is 0 Å². The smallest absolute Gasteiger partial charge is 0.241 e. The quantitative estimate of drug-likeness (QED) is 0.890. The van der Waals surface area contributed by atoms with E-state index in [-0.39, 0.29) is 6.54 Å². The van der Waals surface area contributed by atoms with E-state index in [1.807, 2.05) is 31.2 Å². The highest BCUT2D eigenvalue weighted by Crippen LogP contribution is 2.25. The Labute approximate surface area is 123 Å². The monoisotopic (exact) mass is 310 g/mol. The van der Waals surface area contributed by atoms with Gasteiger partial charge in [-0.3, -0.25) is 0 Å². The first-order valence-electron chi connectivity index (χ1n) is 6.27. The van der Waals surface area contributed by atoms with E-state index in [0.717, 1.165) is 20.9 Å². The molecule has 0 saturated carbocycles. The molecule has 0 aliphatic heterocycles. The van der Waals surface area contributed by atoms with Crippen LogP contribution in [0.2, 0.25) is 0 Å². The molecule has 1 aromatic heterocycles. The van der Waals surface area contributed by atoms with Gasteiger partial charge in [0.25, 0.3) is 0 Å². The summed E-state index contributed by atoms with van der Waals surface area (Å²) in [5.74, 6) is 0. The third kappa shape index (κ3) is 3.46. The minimum atomic E-state index is -3.49. The zero-order valence-electron chi connectivity index (χ0n) is 11.5. The third-order valence-corrected chi connectivity index (χ3v) is 5.69. The van der Waals surface area contributed by atoms with Crippen molar-refractivity contribution in [2.75, 3.05) is 0 Å². The SMILES string of the molecule is Cc1cccc(CNS(=O)(=O)c2cc(CN)sc2C)c1. The average molecular weight is 310 g/mol. The Hall–Kier alpha value is -1.21. The second-order valence-corrected chi connectivity index (χ2v) is 7.73. The molecule has 0 spiro atoms. The van der Waals surface area contributed by atoms with Crippen molar-refractivity contribution in [3.8, 4) is 0 Å². The summed E-state index contributed by atoms with van der Waals surface area (Å²) in [7, 11) is -3.49. The molecule has 0 radical (unpaired) electrons. The molecule has 2 aromatic rings. The van der Waals surface area contributed by atoms with Crippen LogP contribution in [-0.2, 0) is 23.1 Å². The molecule has 4 nitrogen and oxygen atoms in total. The Balaban J connectivity index is 2.17. The molecule has 0 aliphatic rings. The lowest BCUT2D eigenvalue weighted by molar-refractivity contribution is 0.581. The van der Waals surface area contributed by atoms with Gasteiger partial charge in [0.2, 0.25) is 10.0 Å². The minimum Gasteiger partial charge on any atom is -0.326 e. The Kier molecular flexibility index (Phi) is 4.59. The molecule has 0 amide bonds. The first-order chi connectivity index (χ1) is 9.42. The summed E-state index contributed by atoms with van der Waals surface area (Å²) in [5, 5.41) is 0. The number of hydrogen-bond donors (Lipinski definition) is 2. The van der Waals surface area contributed by atoms with Crippen molar-refractivity contribution in [1.82, 2.24) is 4.72 Å². The molecule has 108 valence electrons. The van der Waals surface area contributed by atoms with Crippen LogP contribution in [0.5, 0.6) is 0 Å². The van der Waals surface area contributed by atoms with Gasteiger partial charge in [0, 0.05) is 22.8 Å². The number of sulfonamides is 1. The number of thiophene rings is 1. The van der Waals surface area contributed by atoms with Crippen molar-refractivity contribution in [3.05, 3.63) is 51.2 Å². The molecule has 1 aromatic carbocycles. The van der Waals surface area contributed by atoms with Crippen molar-refractivity contribution in [3.63, 3.8) is 0 Å². The first-order valence-corrected chi connectivity index (χ1v) is 8.57. The fourth-order valence-corrected chi connectivity index (χ4v) is 4.50. The van der Waals surface area contributed by atoms with Crippen LogP contribution in [-0.4, -0.2) is 8.42 Å². The summed E-state index contributed by atoms with van der Waals surface area (Å²) < 4.78 is 27.2. The second kappa shape index (κ2) is 6.05. The summed E-state index contributed by atoms with van der Waals surface area (Å²) in [5.41, 5.74) is 7.61. The Morgan fingerprint density at radius 1 is 1.25 bits per heavy atom. The predicted octanol–water partition coefficient (Wildman–Crippen LogP) is 2.30. The van der Waals surface area contributed by atoms with E-state index < -0.39 is 10.0 Å². The first kappa shape index (κ1) is 15.2. The van der Waals surface area contributed by atoms with Gasteiger partial charge in [-0.2, -0.15) is 0 Å². The molecular formula is C14H18N2O2S2. The van der Waals surface area contributed by atoms with E-state index in [4.69, 9.17) is 5.73 Å². The highest BCUT2D eigenvalue weighted by molar-refractivity contribution is 7.89. The van der Waals surface area contributed by atoms with Crippen molar-refractivity contribution in [1.29, 1.82) is 0 Å². The second-order valence-electron chi connectivity index (χ2n) is 4.65. The number of rotatable bonds is 5. The van der Waals surface area contributed by atoms with E-state index in [1.165, 1.54) is 11.3 Å². The summed E-state index contributed by atoms with van der Waals surface area (Å²) in [4.78, 5) is 1.97. The van der Waals surface area contributed by atoms with Crippen LogP contribution in [0.4, 0.5) is 0 Å². The maximum absolute atomic E-state index is 12.3. The van der Waals surface area contributed by atoms with Crippen LogP contribution in [0.25, 0.3) is 0 Å². The Morgan fingerprint density at radius 2 is 2.00 bits per heavy atom. The average Bonchev–Trinajstić information content (AvgIpc) is 2.79.